The van der Waals surface area contributed by atoms with Crippen LogP contribution in [-0.4, -0.2) is 29.4 Å². The van der Waals surface area contributed by atoms with E-state index in [0.717, 1.165) is 0 Å². The molecule has 0 bridgehead atoms. The third-order valence-electron chi connectivity index (χ3n) is 2.82. The fourth-order valence-electron chi connectivity index (χ4n) is 1.58. The predicted molar refractivity (Wildman–Crippen MR) is 69.3 cm³/mol. The van der Waals surface area contributed by atoms with Crippen molar-refractivity contribution < 1.29 is 19.1 Å². The van der Waals surface area contributed by atoms with E-state index in [1.54, 1.807) is 0 Å². The Kier molecular flexibility index (Phi) is 6.15. The number of benzene rings is 1. The topological polar surface area (TPSA) is 66.4 Å². The Morgan fingerprint density at radius 3 is 2.42 bits per heavy atom. The van der Waals surface area contributed by atoms with Crippen LogP contribution in [0.25, 0.3) is 0 Å². The zero-order valence-electron chi connectivity index (χ0n) is 10.9. The lowest BCUT2D eigenvalue weighted by molar-refractivity contribution is -0.122. The van der Waals surface area contributed by atoms with Crippen molar-refractivity contribution in [2.45, 2.75) is 32.2 Å². The third kappa shape index (κ3) is 5.18. The Hall–Kier alpha value is -1.75. The van der Waals surface area contributed by atoms with Crippen LogP contribution in [0.4, 0.5) is 4.39 Å². The standard InChI is InChI=1S/C14H18FNO3/c1-2-12(9-17)16-14(19)8-7-13(18)10-3-5-11(15)6-4-10/h3-6,12,17H,2,7-9H2,1H3,(H,16,19). The molecule has 0 heterocycles. The van der Waals surface area contributed by atoms with Gasteiger partial charge in [-0.1, -0.05) is 6.92 Å². The lowest BCUT2D eigenvalue weighted by Gasteiger charge is -2.13. The van der Waals surface area contributed by atoms with Gasteiger partial charge in [0.15, 0.2) is 5.78 Å². The van der Waals surface area contributed by atoms with Gasteiger partial charge in [-0.3, -0.25) is 9.59 Å². The number of Topliss-reactive ketones (excluding diaryl/α,β-unsaturated/α-hetero) is 1. The molecule has 19 heavy (non-hydrogen) atoms. The average molecular weight is 267 g/mol. The van der Waals surface area contributed by atoms with Crippen molar-refractivity contribution in [3.63, 3.8) is 0 Å². The first-order chi connectivity index (χ1) is 9.06. The Balaban J connectivity index is 2.41. The number of aliphatic hydroxyl groups is 1. The number of halogens is 1. The number of hydrogen-bond donors (Lipinski definition) is 2. The minimum Gasteiger partial charge on any atom is -0.394 e. The number of hydrogen-bond acceptors (Lipinski definition) is 3. The molecule has 0 radical (unpaired) electrons. The van der Waals surface area contributed by atoms with E-state index in [1.807, 2.05) is 6.92 Å². The summed E-state index contributed by atoms with van der Waals surface area (Å²) >= 11 is 0. The van der Waals surface area contributed by atoms with Gasteiger partial charge in [0.1, 0.15) is 5.82 Å². The van der Waals surface area contributed by atoms with Crippen molar-refractivity contribution in [2.24, 2.45) is 0 Å². The molecule has 0 spiro atoms. The van der Waals surface area contributed by atoms with Crippen LogP contribution in [0.1, 0.15) is 36.5 Å². The van der Waals surface area contributed by atoms with E-state index in [4.69, 9.17) is 5.11 Å². The van der Waals surface area contributed by atoms with Crippen molar-refractivity contribution in [1.82, 2.24) is 5.32 Å². The number of rotatable bonds is 7. The van der Waals surface area contributed by atoms with Crippen LogP contribution in [0.15, 0.2) is 24.3 Å². The highest BCUT2D eigenvalue weighted by Gasteiger charge is 2.12. The molecule has 1 amide bonds. The summed E-state index contributed by atoms with van der Waals surface area (Å²) in [5.74, 6) is -0.869. The highest BCUT2D eigenvalue weighted by molar-refractivity contribution is 5.97. The molecule has 2 N–H and O–H groups in total. The maximum atomic E-state index is 12.7. The van der Waals surface area contributed by atoms with Gasteiger partial charge in [-0.25, -0.2) is 4.39 Å². The molecule has 1 aromatic carbocycles. The van der Waals surface area contributed by atoms with Crippen LogP contribution in [0.2, 0.25) is 0 Å². The van der Waals surface area contributed by atoms with Gasteiger partial charge in [-0.15, -0.1) is 0 Å². The number of nitrogens with one attached hydrogen (secondary N) is 1. The first-order valence-corrected chi connectivity index (χ1v) is 6.25. The van der Waals surface area contributed by atoms with Crippen molar-refractivity contribution in [3.05, 3.63) is 35.6 Å². The lowest BCUT2D eigenvalue weighted by Crippen LogP contribution is -2.37. The summed E-state index contributed by atoms with van der Waals surface area (Å²) in [6, 6.07) is 4.96. The third-order valence-corrected chi connectivity index (χ3v) is 2.82. The van der Waals surface area contributed by atoms with Gasteiger partial charge in [-0.2, -0.15) is 0 Å². The number of carbonyl (C=O) groups is 2. The molecule has 5 heteroatoms. The molecular formula is C14H18FNO3. The molecule has 4 nitrogen and oxygen atoms in total. The SMILES string of the molecule is CCC(CO)NC(=O)CCC(=O)c1ccc(F)cc1. The molecule has 1 rings (SSSR count). The molecular weight excluding hydrogens is 249 g/mol. The van der Waals surface area contributed by atoms with Crippen LogP contribution in [0.3, 0.4) is 0 Å². The van der Waals surface area contributed by atoms with Gasteiger partial charge in [0, 0.05) is 18.4 Å². The van der Waals surface area contributed by atoms with E-state index in [-0.39, 0.29) is 37.2 Å². The van der Waals surface area contributed by atoms with Crippen molar-refractivity contribution in [1.29, 1.82) is 0 Å². The normalized spacial score (nSPS) is 11.9. The Bertz CT molecular complexity index is 427. The van der Waals surface area contributed by atoms with Gasteiger partial charge in [-0.05, 0) is 30.7 Å². The van der Waals surface area contributed by atoms with Crippen LogP contribution in [-0.2, 0) is 4.79 Å². The molecule has 0 fully saturated rings. The molecule has 0 aliphatic rings. The van der Waals surface area contributed by atoms with E-state index in [2.05, 4.69) is 5.32 Å². The summed E-state index contributed by atoms with van der Waals surface area (Å²) in [5, 5.41) is 11.6. The maximum Gasteiger partial charge on any atom is 0.220 e. The molecule has 0 aliphatic heterocycles. The second-order valence-electron chi connectivity index (χ2n) is 4.29. The Morgan fingerprint density at radius 1 is 1.26 bits per heavy atom. The van der Waals surface area contributed by atoms with Gasteiger partial charge in [0.2, 0.25) is 5.91 Å². The quantitative estimate of drug-likeness (QED) is 0.739. The summed E-state index contributed by atoms with van der Waals surface area (Å²) < 4.78 is 12.7. The maximum absolute atomic E-state index is 12.7. The molecule has 1 atom stereocenters. The average Bonchev–Trinajstić information content (AvgIpc) is 2.43. The molecule has 104 valence electrons. The second-order valence-corrected chi connectivity index (χ2v) is 4.29. The van der Waals surface area contributed by atoms with E-state index in [1.165, 1.54) is 24.3 Å². The molecule has 0 aliphatic carbocycles. The number of amides is 1. The highest BCUT2D eigenvalue weighted by atomic mass is 19.1. The number of aliphatic hydroxyl groups excluding tert-OH is 1. The van der Waals surface area contributed by atoms with Crippen LogP contribution >= 0.6 is 0 Å². The predicted octanol–water partition coefficient (Wildman–Crippen LogP) is 1.68. The smallest absolute Gasteiger partial charge is 0.220 e. The first-order valence-electron chi connectivity index (χ1n) is 6.25. The van der Waals surface area contributed by atoms with Gasteiger partial charge in [0.05, 0.1) is 12.6 Å². The molecule has 1 unspecified atom stereocenters. The molecule has 1 aromatic rings. The zero-order valence-corrected chi connectivity index (χ0v) is 10.9. The van der Waals surface area contributed by atoms with Crippen molar-refractivity contribution in [2.75, 3.05) is 6.61 Å². The number of carbonyl (C=O) groups excluding carboxylic acids is 2. The van der Waals surface area contributed by atoms with E-state index < -0.39 is 5.82 Å². The van der Waals surface area contributed by atoms with Crippen LogP contribution in [0, 0.1) is 5.82 Å². The zero-order chi connectivity index (χ0) is 14.3. The van der Waals surface area contributed by atoms with Gasteiger partial charge >= 0.3 is 0 Å². The summed E-state index contributed by atoms with van der Waals surface area (Å²) in [4.78, 5) is 23.3. The summed E-state index contributed by atoms with van der Waals surface area (Å²) in [6.07, 6.45) is 0.764. The van der Waals surface area contributed by atoms with E-state index in [9.17, 15) is 14.0 Å². The van der Waals surface area contributed by atoms with Gasteiger partial charge < -0.3 is 10.4 Å². The minimum atomic E-state index is -0.400. The summed E-state index contributed by atoms with van der Waals surface area (Å²) in [7, 11) is 0. The number of ketones is 1. The Morgan fingerprint density at radius 2 is 1.89 bits per heavy atom. The highest BCUT2D eigenvalue weighted by Crippen LogP contribution is 2.07. The largest absolute Gasteiger partial charge is 0.394 e. The minimum absolute atomic E-state index is 0.0622. The fraction of sp³-hybridized carbons (Fsp3) is 0.429. The van der Waals surface area contributed by atoms with E-state index >= 15 is 0 Å². The molecule has 0 saturated heterocycles. The molecule has 0 saturated carbocycles. The van der Waals surface area contributed by atoms with Crippen molar-refractivity contribution in [3.8, 4) is 0 Å². The van der Waals surface area contributed by atoms with Gasteiger partial charge in [0.25, 0.3) is 0 Å². The summed E-state index contributed by atoms with van der Waals surface area (Å²) in [6.45, 7) is 1.74. The van der Waals surface area contributed by atoms with E-state index in [0.29, 0.717) is 12.0 Å². The molecule has 0 aromatic heterocycles. The second kappa shape index (κ2) is 7.63. The monoisotopic (exact) mass is 267 g/mol. The van der Waals surface area contributed by atoms with Crippen molar-refractivity contribution >= 4 is 11.7 Å². The summed E-state index contributed by atoms with van der Waals surface area (Å²) in [5.41, 5.74) is 0.392. The Labute approximate surface area is 111 Å². The lowest BCUT2D eigenvalue weighted by atomic mass is 10.1. The first kappa shape index (κ1) is 15.3. The van der Waals surface area contributed by atoms with Crippen LogP contribution < -0.4 is 5.32 Å². The van der Waals surface area contributed by atoms with Crippen LogP contribution in [0.5, 0.6) is 0 Å². The fourth-order valence-corrected chi connectivity index (χ4v) is 1.58.